The third-order valence-electron chi connectivity index (χ3n) is 4.30. The SMILES string of the molecule is CCNC(=O)NC(=O)CN1CCCCCC1c1ccc(OC)cc1. The summed E-state index contributed by atoms with van der Waals surface area (Å²) in [6.45, 7) is 3.41. The van der Waals surface area contributed by atoms with Gasteiger partial charge in [-0.3, -0.25) is 15.0 Å². The zero-order valence-electron chi connectivity index (χ0n) is 14.5. The highest BCUT2D eigenvalue weighted by Crippen LogP contribution is 2.30. The summed E-state index contributed by atoms with van der Waals surface area (Å²) in [5, 5.41) is 4.97. The number of hydrogen-bond donors (Lipinski definition) is 2. The van der Waals surface area contributed by atoms with E-state index < -0.39 is 6.03 Å². The van der Waals surface area contributed by atoms with Crippen LogP contribution in [0.4, 0.5) is 4.79 Å². The maximum atomic E-state index is 12.2. The summed E-state index contributed by atoms with van der Waals surface area (Å²) >= 11 is 0. The molecule has 0 bridgehead atoms. The van der Waals surface area contributed by atoms with Gasteiger partial charge in [0.05, 0.1) is 13.7 Å². The zero-order chi connectivity index (χ0) is 17.4. The minimum absolute atomic E-state index is 0.193. The predicted molar refractivity (Wildman–Crippen MR) is 93.0 cm³/mol. The fourth-order valence-corrected chi connectivity index (χ4v) is 3.12. The van der Waals surface area contributed by atoms with Crippen LogP contribution in [0.1, 0.15) is 44.2 Å². The van der Waals surface area contributed by atoms with Crippen molar-refractivity contribution in [2.45, 2.75) is 38.6 Å². The number of rotatable bonds is 5. The largest absolute Gasteiger partial charge is 0.497 e. The van der Waals surface area contributed by atoms with Gasteiger partial charge in [0.2, 0.25) is 5.91 Å². The highest BCUT2D eigenvalue weighted by atomic mass is 16.5. The van der Waals surface area contributed by atoms with Crippen LogP contribution in [0.5, 0.6) is 5.75 Å². The number of carbonyl (C=O) groups is 2. The third kappa shape index (κ3) is 5.23. The van der Waals surface area contributed by atoms with Crippen molar-refractivity contribution in [2.24, 2.45) is 0 Å². The normalized spacial score (nSPS) is 18.5. The van der Waals surface area contributed by atoms with E-state index in [0.29, 0.717) is 6.54 Å². The van der Waals surface area contributed by atoms with E-state index in [1.165, 1.54) is 12.0 Å². The molecular weight excluding hydrogens is 306 g/mol. The molecule has 1 fully saturated rings. The summed E-state index contributed by atoms with van der Waals surface area (Å²) in [5.74, 6) is 0.564. The van der Waals surface area contributed by atoms with E-state index in [1.54, 1.807) is 7.11 Å². The monoisotopic (exact) mass is 333 g/mol. The lowest BCUT2D eigenvalue weighted by atomic mass is 10.0. The van der Waals surface area contributed by atoms with Crippen LogP contribution in [0.3, 0.4) is 0 Å². The smallest absolute Gasteiger partial charge is 0.321 e. The Balaban J connectivity index is 2.05. The van der Waals surface area contributed by atoms with Crippen molar-refractivity contribution < 1.29 is 14.3 Å². The summed E-state index contributed by atoms with van der Waals surface area (Å²) in [7, 11) is 1.65. The molecule has 0 spiro atoms. The molecule has 1 heterocycles. The molecule has 1 saturated heterocycles. The van der Waals surface area contributed by atoms with Gasteiger partial charge in [0.25, 0.3) is 0 Å². The number of hydrogen-bond acceptors (Lipinski definition) is 4. The van der Waals surface area contributed by atoms with Crippen LogP contribution >= 0.6 is 0 Å². The van der Waals surface area contributed by atoms with Crippen molar-refractivity contribution in [1.29, 1.82) is 0 Å². The molecule has 1 aliphatic heterocycles. The van der Waals surface area contributed by atoms with Crippen LogP contribution in [-0.4, -0.2) is 43.6 Å². The first kappa shape index (κ1) is 18.3. The fourth-order valence-electron chi connectivity index (χ4n) is 3.12. The van der Waals surface area contributed by atoms with Crippen molar-refractivity contribution in [3.8, 4) is 5.75 Å². The van der Waals surface area contributed by atoms with Crippen LogP contribution in [0, 0.1) is 0 Å². The van der Waals surface area contributed by atoms with Gasteiger partial charge in [-0.05, 0) is 44.0 Å². The van der Waals surface area contributed by atoms with Crippen LogP contribution in [-0.2, 0) is 4.79 Å². The Labute approximate surface area is 143 Å². The molecule has 0 radical (unpaired) electrons. The van der Waals surface area contributed by atoms with Gasteiger partial charge >= 0.3 is 6.03 Å². The standard InChI is InChI=1S/C18H27N3O3/c1-3-19-18(23)20-17(22)13-21-12-6-4-5-7-16(21)14-8-10-15(24-2)11-9-14/h8-11,16H,3-7,12-13H2,1-2H3,(H2,19,20,22,23). The van der Waals surface area contributed by atoms with E-state index in [2.05, 4.69) is 27.7 Å². The van der Waals surface area contributed by atoms with Gasteiger partial charge in [0.15, 0.2) is 0 Å². The van der Waals surface area contributed by atoms with Gasteiger partial charge in [-0.25, -0.2) is 4.79 Å². The molecule has 1 aliphatic rings. The molecule has 6 nitrogen and oxygen atoms in total. The van der Waals surface area contributed by atoms with Gasteiger partial charge in [-0.2, -0.15) is 0 Å². The molecule has 2 rings (SSSR count). The minimum Gasteiger partial charge on any atom is -0.497 e. The van der Waals surface area contributed by atoms with E-state index in [9.17, 15) is 9.59 Å². The molecule has 0 aliphatic carbocycles. The van der Waals surface area contributed by atoms with Crippen LogP contribution < -0.4 is 15.4 Å². The molecule has 24 heavy (non-hydrogen) atoms. The average molecular weight is 333 g/mol. The first-order chi connectivity index (χ1) is 11.6. The second-order valence-electron chi connectivity index (χ2n) is 6.02. The highest BCUT2D eigenvalue weighted by molar-refractivity contribution is 5.95. The highest BCUT2D eigenvalue weighted by Gasteiger charge is 2.25. The van der Waals surface area contributed by atoms with Crippen molar-refractivity contribution in [2.75, 3.05) is 26.7 Å². The summed E-state index contributed by atoms with van der Waals surface area (Å²) in [5.41, 5.74) is 1.18. The Morgan fingerprint density at radius 3 is 2.62 bits per heavy atom. The number of ether oxygens (including phenoxy) is 1. The Hall–Kier alpha value is -2.08. The second-order valence-corrected chi connectivity index (χ2v) is 6.02. The van der Waals surface area contributed by atoms with E-state index in [-0.39, 0.29) is 18.5 Å². The number of likely N-dealkylation sites (tertiary alicyclic amines) is 1. The van der Waals surface area contributed by atoms with Crippen LogP contribution in [0.2, 0.25) is 0 Å². The number of imide groups is 1. The number of amides is 3. The Morgan fingerprint density at radius 2 is 1.96 bits per heavy atom. The summed E-state index contributed by atoms with van der Waals surface area (Å²) < 4.78 is 5.22. The summed E-state index contributed by atoms with van der Waals surface area (Å²) in [6, 6.07) is 7.78. The number of benzene rings is 1. The summed E-state index contributed by atoms with van der Waals surface area (Å²) in [6.07, 6.45) is 4.40. The van der Waals surface area contributed by atoms with Crippen molar-refractivity contribution in [1.82, 2.24) is 15.5 Å². The van der Waals surface area contributed by atoms with Gasteiger partial charge in [-0.15, -0.1) is 0 Å². The molecule has 1 aromatic carbocycles. The molecule has 0 saturated carbocycles. The van der Waals surface area contributed by atoms with E-state index >= 15 is 0 Å². The Kier molecular flexibility index (Phi) is 7.06. The molecule has 1 atom stereocenters. The number of methoxy groups -OCH3 is 1. The maximum absolute atomic E-state index is 12.2. The van der Waals surface area contributed by atoms with Crippen LogP contribution in [0.25, 0.3) is 0 Å². The molecule has 6 heteroatoms. The number of urea groups is 1. The number of nitrogens with one attached hydrogen (secondary N) is 2. The van der Waals surface area contributed by atoms with E-state index in [1.807, 2.05) is 19.1 Å². The van der Waals surface area contributed by atoms with Gasteiger partial charge < -0.3 is 10.1 Å². The van der Waals surface area contributed by atoms with E-state index in [0.717, 1.165) is 31.6 Å². The zero-order valence-corrected chi connectivity index (χ0v) is 14.5. The van der Waals surface area contributed by atoms with Gasteiger partial charge in [-0.1, -0.05) is 25.0 Å². The lowest BCUT2D eigenvalue weighted by Crippen LogP contribution is -2.45. The molecular formula is C18H27N3O3. The quantitative estimate of drug-likeness (QED) is 0.868. The van der Waals surface area contributed by atoms with E-state index in [4.69, 9.17) is 4.74 Å². The lowest BCUT2D eigenvalue weighted by molar-refractivity contribution is -0.121. The van der Waals surface area contributed by atoms with Gasteiger partial charge in [0.1, 0.15) is 5.75 Å². The maximum Gasteiger partial charge on any atom is 0.321 e. The topological polar surface area (TPSA) is 70.7 Å². The first-order valence-corrected chi connectivity index (χ1v) is 8.59. The number of carbonyl (C=O) groups excluding carboxylic acids is 2. The molecule has 132 valence electrons. The molecule has 1 unspecified atom stereocenters. The van der Waals surface area contributed by atoms with Crippen molar-refractivity contribution >= 4 is 11.9 Å². The molecule has 1 aromatic rings. The average Bonchev–Trinajstić information content (AvgIpc) is 2.80. The molecule has 2 N–H and O–H groups in total. The Bertz CT molecular complexity index is 545. The minimum atomic E-state index is -0.432. The molecule has 3 amide bonds. The molecule has 0 aromatic heterocycles. The van der Waals surface area contributed by atoms with Crippen LogP contribution in [0.15, 0.2) is 24.3 Å². The second kappa shape index (κ2) is 9.27. The third-order valence-corrected chi connectivity index (χ3v) is 4.30. The lowest BCUT2D eigenvalue weighted by Gasteiger charge is -2.29. The van der Waals surface area contributed by atoms with Crippen molar-refractivity contribution in [3.05, 3.63) is 29.8 Å². The summed E-state index contributed by atoms with van der Waals surface area (Å²) in [4.78, 5) is 25.8. The van der Waals surface area contributed by atoms with Gasteiger partial charge in [0, 0.05) is 12.6 Å². The predicted octanol–water partition coefficient (Wildman–Crippen LogP) is 2.46. The fraction of sp³-hybridized carbons (Fsp3) is 0.556. The Morgan fingerprint density at radius 1 is 1.21 bits per heavy atom. The number of nitrogens with zero attached hydrogens (tertiary/aromatic N) is 1. The first-order valence-electron chi connectivity index (χ1n) is 8.59. The van der Waals surface area contributed by atoms with Crippen molar-refractivity contribution in [3.63, 3.8) is 0 Å².